The third-order valence-electron chi connectivity index (χ3n) is 5.10. The number of rotatable bonds is 3. The summed E-state index contributed by atoms with van der Waals surface area (Å²) in [5.41, 5.74) is 1.90. The van der Waals surface area contributed by atoms with Crippen LogP contribution in [0, 0.1) is 0 Å². The first-order valence-corrected chi connectivity index (χ1v) is 10.2. The van der Waals surface area contributed by atoms with Gasteiger partial charge in [0.2, 0.25) is 5.82 Å². The van der Waals surface area contributed by atoms with Crippen molar-refractivity contribution in [2.24, 2.45) is 7.05 Å². The van der Waals surface area contributed by atoms with Gasteiger partial charge in [-0.15, -0.1) is 11.3 Å². The first kappa shape index (κ1) is 17.1. The Bertz CT molecular complexity index is 1120. The number of carbonyl (C=O) groups is 1. The Morgan fingerprint density at radius 1 is 1.07 bits per heavy atom. The van der Waals surface area contributed by atoms with Crippen LogP contribution in [0.2, 0.25) is 0 Å². The van der Waals surface area contributed by atoms with Crippen LogP contribution in [0.4, 0.5) is 0 Å². The monoisotopic (exact) mass is 389 g/mol. The molecule has 7 heteroatoms. The SMILES string of the molecule is Cn1nc(-c2ccccc2)nc1C(=O)N1CCC[C@H]1c1nc2ccccc2s1. The van der Waals surface area contributed by atoms with Crippen molar-refractivity contribution in [2.75, 3.05) is 6.54 Å². The molecule has 0 bridgehead atoms. The van der Waals surface area contributed by atoms with Crippen LogP contribution in [0.25, 0.3) is 21.6 Å². The van der Waals surface area contributed by atoms with Crippen LogP contribution >= 0.6 is 11.3 Å². The summed E-state index contributed by atoms with van der Waals surface area (Å²) < 4.78 is 2.74. The zero-order valence-corrected chi connectivity index (χ0v) is 16.3. The van der Waals surface area contributed by atoms with Crippen molar-refractivity contribution >= 4 is 27.5 Å². The number of aryl methyl sites for hydroxylation is 1. The van der Waals surface area contributed by atoms with E-state index in [1.165, 1.54) is 0 Å². The molecule has 28 heavy (non-hydrogen) atoms. The van der Waals surface area contributed by atoms with E-state index < -0.39 is 0 Å². The minimum absolute atomic E-state index is 0.00164. The molecule has 0 spiro atoms. The molecule has 1 amide bonds. The van der Waals surface area contributed by atoms with Crippen LogP contribution in [0.15, 0.2) is 54.6 Å². The van der Waals surface area contributed by atoms with E-state index in [1.807, 2.05) is 53.4 Å². The van der Waals surface area contributed by atoms with Gasteiger partial charge in [0.25, 0.3) is 5.91 Å². The average Bonchev–Trinajstić information content (AvgIpc) is 3.45. The fourth-order valence-electron chi connectivity index (χ4n) is 3.71. The number of hydrogen-bond acceptors (Lipinski definition) is 5. The Labute approximate surface area is 166 Å². The van der Waals surface area contributed by atoms with E-state index in [4.69, 9.17) is 4.98 Å². The number of thiazole rings is 1. The summed E-state index contributed by atoms with van der Waals surface area (Å²) in [6.45, 7) is 0.715. The molecule has 0 N–H and O–H groups in total. The van der Waals surface area contributed by atoms with Crippen LogP contribution in [0.5, 0.6) is 0 Å². The Morgan fingerprint density at radius 2 is 1.86 bits per heavy atom. The molecule has 2 aromatic heterocycles. The van der Waals surface area contributed by atoms with Crippen LogP contribution in [0.3, 0.4) is 0 Å². The number of benzene rings is 2. The number of hydrogen-bond donors (Lipinski definition) is 0. The lowest BCUT2D eigenvalue weighted by molar-refractivity contribution is 0.0718. The Morgan fingerprint density at radius 3 is 2.68 bits per heavy atom. The first-order valence-electron chi connectivity index (χ1n) is 9.33. The van der Waals surface area contributed by atoms with Gasteiger partial charge in [-0.25, -0.2) is 14.6 Å². The lowest BCUT2D eigenvalue weighted by Gasteiger charge is -2.22. The predicted octanol–water partition coefficient (Wildman–Crippen LogP) is 4.07. The Balaban J connectivity index is 1.47. The van der Waals surface area contributed by atoms with Crippen LogP contribution < -0.4 is 0 Å². The fraction of sp³-hybridized carbons (Fsp3) is 0.238. The van der Waals surface area contributed by atoms with Gasteiger partial charge in [-0.2, -0.15) is 5.10 Å². The zero-order valence-electron chi connectivity index (χ0n) is 15.4. The molecular formula is C21H19N5OS. The second kappa shape index (κ2) is 6.83. The average molecular weight is 389 g/mol. The van der Waals surface area contributed by atoms with Crippen LogP contribution in [-0.2, 0) is 7.05 Å². The van der Waals surface area contributed by atoms with Crippen molar-refractivity contribution in [1.82, 2.24) is 24.6 Å². The number of likely N-dealkylation sites (tertiary alicyclic amines) is 1. The largest absolute Gasteiger partial charge is 0.326 e. The van der Waals surface area contributed by atoms with Crippen molar-refractivity contribution in [3.63, 3.8) is 0 Å². The van der Waals surface area contributed by atoms with Crippen molar-refractivity contribution in [1.29, 1.82) is 0 Å². The summed E-state index contributed by atoms with van der Waals surface area (Å²) in [6, 6.07) is 17.8. The molecule has 3 heterocycles. The molecule has 0 saturated carbocycles. The first-order chi connectivity index (χ1) is 13.7. The molecule has 0 radical (unpaired) electrons. The molecule has 2 aromatic carbocycles. The molecule has 0 aliphatic carbocycles. The van der Waals surface area contributed by atoms with Gasteiger partial charge in [0, 0.05) is 19.2 Å². The number of nitrogens with zero attached hydrogens (tertiary/aromatic N) is 5. The topological polar surface area (TPSA) is 63.9 Å². The van der Waals surface area contributed by atoms with E-state index in [-0.39, 0.29) is 11.9 Å². The minimum atomic E-state index is -0.0843. The highest BCUT2D eigenvalue weighted by Gasteiger charge is 2.35. The summed E-state index contributed by atoms with van der Waals surface area (Å²) in [5, 5.41) is 5.45. The molecule has 1 saturated heterocycles. The van der Waals surface area contributed by atoms with E-state index in [2.05, 4.69) is 16.1 Å². The third kappa shape index (κ3) is 2.88. The summed E-state index contributed by atoms with van der Waals surface area (Å²) in [6.07, 6.45) is 1.89. The van der Waals surface area contributed by atoms with Gasteiger partial charge in [0.1, 0.15) is 5.01 Å². The van der Waals surface area contributed by atoms with Crippen LogP contribution in [-0.4, -0.2) is 37.1 Å². The van der Waals surface area contributed by atoms with E-state index in [0.717, 1.165) is 33.6 Å². The van der Waals surface area contributed by atoms with Crippen molar-refractivity contribution in [3.8, 4) is 11.4 Å². The number of para-hydroxylation sites is 1. The van der Waals surface area contributed by atoms with Crippen molar-refractivity contribution in [3.05, 3.63) is 65.4 Å². The van der Waals surface area contributed by atoms with Gasteiger partial charge in [0.15, 0.2) is 5.82 Å². The van der Waals surface area contributed by atoms with Crippen molar-refractivity contribution in [2.45, 2.75) is 18.9 Å². The number of aromatic nitrogens is 4. The second-order valence-electron chi connectivity index (χ2n) is 6.93. The standard InChI is InChI=1S/C21H19N5OS/c1-25-19(23-18(24-25)14-8-3-2-4-9-14)21(27)26-13-7-11-16(26)20-22-15-10-5-6-12-17(15)28-20/h2-6,8-10,12,16H,7,11,13H2,1H3/t16-/m0/s1. The molecular weight excluding hydrogens is 370 g/mol. The van der Waals surface area contributed by atoms with Gasteiger partial charge in [-0.1, -0.05) is 42.5 Å². The summed E-state index contributed by atoms with van der Waals surface area (Å²) in [7, 11) is 1.77. The molecule has 140 valence electrons. The Kier molecular flexibility index (Phi) is 4.16. The van der Waals surface area contributed by atoms with Crippen molar-refractivity contribution < 1.29 is 4.79 Å². The normalized spacial score (nSPS) is 16.8. The van der Waals surface area contributed by atoms with Gasteiger partial charge in [0.05, 0.1) is 16.3 Å². The van der Waals surface area contributed by atoms with E-state index >= 15 is 0 Å². The minimum Gasteiger partial charge on any atom is -0.326 e. The molecule has 4 aromatic rings. The molecule has 1 fully saturated rings. The van der Waals surface area contributed by atoms with Gasteiger partial charge in [-0.05, 0) is 25.0 Å². The molecule has 0 unspecified atom stereocenters. The van der Waals surface area contributed by atoms with E-state index in [0.29, 0.717) is 18.2 Å². The van der Waals surface area contributed by atoms with Gasteiger partial charge in [-0.3, -0.25) is 4.79 Å². The number of fused-ring (bicyclic) bond motifs is 1. The maximum atomic E-state index is 13.3. The highest BCUT2D eigenvalue weighted by atomic mass is 32.1. The van der Waals surface area contributed by atoms with Crippen LogP contribution in [0.1, 0.15) is 34.5 Å². The van der Waals surface area contributed by atoms with E-state index in [1.54, 1.807) is 23.1 Å². The lowest BCUT2D eigenvalue weighted by atomic mass is 10.2. The highest BCUT2D eigenvalue weighted by molar-refractivity contribution is 7.18. The smallest absolute Gasteiger partial charge is 0.292 e. The number of amides is 1. The lowest BCUT2D eigenvalue weighted by Crippen LogP contribution is -2.32. The predicted molar refractivity (Wildman–Crippen MR) is 109 cm³/mol. The quantitative estimate of drug-likeness (QED) is 0.530. The zero-order chi connectivity index (χ0) is 19.1. The van der Waals surface area contributed by atoms with Gasteiger partial charge < -0.3 is 4.90 Å². The summed E-state index contributed by atoms with van der Waals surface area (Å²) >= 11 is 1.67. The molecule has 1 aliphatic rings. The summed E-state index contributed by atoms with van der Waals surface area (Å²) in [4.78, 5) is 24.5. The maximum Gasteiger partial charge on any atom is 0.292 e. The second-order valence-corrected chi connectivity index (χ2v) is 7.99. The fourth-order valence-corrected chi connectivity index (χ4v) is 4.82. The Hall–Kier alpha value is -3.06. The van der Waals surface area contributed by atoms with Gasteiger partial charge >= 0.3 is 0 Å². The third-order valence-corrected chi connectivity index (χ3v) is 6.23. The molecule has 5 rings (SSSR count). The molecule has 1 aliphatic heterocycles. The highest BCUT2D eigenvalue weighted by Crippen LogP contribution is 2.37. The molecule has 6 nitrogen and oxygen atoms in total. The molecule has 1 atom stereocenters. The maximum absolute atomic E-state index is 13.3. The van der Waals surface area contributed by atoms with E-state index in [9.17, 15) is 4.79 Å². The summed E-state index contributed by atoms with van der Waals surface area (Å²) in [5.74, 6) is 0.855. The number of carbonyl (C=O) groups excluding carboxylic acids is 1.